The number of hydrogen-bond donors (Lipinski definition) is 1. The van der Waals surface area contributed by atoms with Crippen molar-refractivity contribution in [2.75, 3.05) is 11.6 Å². The quantitative estimate of drug-likeness (QED) is 0.943. The van der Waals surface area contributed by atoms with Crippen molar-refractivity contribution in [3.8, 4) is 0 Å². The second-order valence-corrected chi connectivity index (χ2v) is 7.14. The first-order chi connectivity index (χ1) is 9.55. The van der Waals surface area contributed by atoms with Crippen molar-refractivity contribution < 1.29 is 12.8 Å². The number of fused-ring (bicyclic) bond motifs is 1. The van der Waals surface area contributed by atoms with Crippen molar-refractivity contribution in [1.82, 2.24) is 0 Å². The first-order valence-corrected chi connectivity index (χ1v) is 8.57. The van der Waals surface area contributed by atoms with Gasteiger partial charge in [-0.3, -0.25) is 0 Å². The normalized spacial score (nSPS) is 18.6. The molecule has 1 aliphatic rings. The second kappa shape index (κ2) is 4.98. The number of furan rings is 1. The number of nitrogens with one attached hydrogen (secondary N) is 1. The number of para-hydroxylation sites is 1. The summed E-state index contributed by atoms with van der Waals surface area (Å²) in [7, 11) is -3.23. The van der Waals surface area contributed by atoms with Crippen LogP contribution in [0.15, 0.2) is 45.9 Å². The van der Waals surface area contributed by atoms with Gasteiger partial charge in [0.05, 0.1) is 22.9 Å². The van der Waals surface area contributed by atoms with Gasteiger partial charge in [0.2, 0.25) is 0 Å². The highest BCUT2D eigenvalue weighted by Gasteiger charge is 2.24. The van der Waals surface area contributed by atoms with Crippen molar-refractivity contribution in [3.63, 3.8) is 0 Å². The number of hydrogen-bond acceptors (Lipinski definition) is 4. The molecular formula is C15H17NO3S. The Kier molecular flexibility index (Phi) is 3.30. The number of rotatable bonds is 3. The Morgan fingerprint density at radius 2 is 2.05 bits per heavy atom. The van der Waals surface area contributed by atoms with E-state index in [1.807, 2.05) is 18.2 Å². The average Bonchev–Trinajstić information content (AvgIpc) is 2.87. The fourth-order valence-electron chi connectivity index (χ4n) is 2.73. The third-order valence-corrected chi connectivity index (χ3v) is 4.82. The Morgan fingerprint density at radius 1 is 1.25 bits per heavy atom. The van der Waals surface area contributed by atoms with E-state index in [0.717, 1.165) is 30.6 Å². The number of anilines is 1. The van der Waals surface area contributed by atoms with Gasteiger partial charge in [0.25, 0.3) is 0 Å². The van der Waals surface area contributed by atoms with Crippen LogP contribution in [-0.4, -0.2) is 14.7 Å². The van der Waals surface area contributed by atoms with Crippen LogP contribution in [-0.2, 0) is 16.3 Å². The third-order valence-electron chi connectivity index (χ3n) is 3.67. The molecule has 1 N–H and O–H groups in total. The van der Waals surface area contributed by atoms with E-state index in [1.54, 1.807) is 18.4 Å². The van der Waals surface area contributed by atoms with Crippen molar-refractivity contribution in [2.24, 2.45) is 0 Å². The molecule has 1 aliphatic carbocycles. The zero-order valence-corrected chi connectivity index (χ0v) is 12.1. The van der Waals surface area contributed by atoms with E-state index in [-0.39, 0.29) is 6.04 Å². The maximum absolute atomic E-state index is 11.8. The van der Waals surface area contributed by atoms with E-state index in [1.165, 1.54) is 6.26 Å². The molecule has 0 spiro atoms. The lowest BCUT2D eigenvalue weighted by atomic mass is 9.93. The molecule has 0 fully saturated rings. The molecule has 0 radical (unpaired) electrons. The molecule has 0 amide bonds. The second-order valence-electron chi connectivity index (χ2n) is 5.16. The summed E-state index contributed by atoms with van der Waals surface area (Å²) < 4.78 is 29.1. The Bertz CT molecular complexity index is 718. The molecular weight excluding hydrogens is 274 g/mol. The summed E-state index contributed by atoms with van der Waals surface area (Å²) >= 11 is 0. The van der Waals surface area contributed by atoms with Crippen LogP contribution in [0.1, 0.15) is 30.2 Å². The number of aryl methyl sites for hydroxylation is 1. The van der Waals surface area contributed by atoms with Gasteiger partial charge in [-0.2, -0.15) is 0 Å². The molecule has 0 saturated heterocycles. The van der Waals surface area contributed by atoms with Gasteiger partial charge < -0.3 is 9.73 Å². The Morgan fingerprint density at radius 3 is 2.85 bits per heavy atom. The lowest BCUT2D eigenvalue weighted by Gasteiger charge is -2.24. The van der Waals surface area contributed by atoms with Gasteiger partial charge in [-0.15, -0.1) is 0 Å². The largest absolute Gasteiger partial charge is 0.469 e. The monoisotopic (exact) mass is 291 g/mol. The summed E-state index contributed by atoms with van der Waals surface area (Å²) in [6.07, 6.45) is 5.91. The summed E-state index contributed by atoms with van der Waals surface area (Å²) in [5, 5.41) is 3.36. The molecule has 4 nitrogen and oxygen atoms in total. The standard InChI is InChI=1S/C15H17NO3S/c1-20(17,18)15-8-3-2-5-13(15)16-12-6-4-7-14-11(12)9-10-19-14/h2-3,5,8-10,12,16H,4,6-7H2,1H3. The molecule has 20 heavy (non-hydrogen) atoms. The lowest BCUT2D eigenvalue weighted by molar-refractivity contribution is 0.461. The SMILES string of the molecule is CS(=O)(=O)c1ccccc1NC1CCCc2occc21. The molecule has 0 bridgehead atoms. The highest BCUT2D eigenvalue weighted by Crippen LogP contribution is 2.34. The van der Waals surface area contributed by atoms with Crippen molar-refractivity contribution in [3.05, 3.63) is 47.9 Å². The highest BCUT2D eigenvalue weighted by atomic mass is 32.2. The van der Waals surface area contributed by atoms with Gasteiger partial charge in [0.15, 0.2) is 9.84 Å². The molecule has 0 aliphatic heterocycles. The minimum Gasteiger partial charge on any atom is -0.469 e. The smallest absolute Gasteiger partial charge is 0.177 e. The van der Waals surface area contributed by atoms with Crippen LogP contribution in [0, 0.1) is 0 Å². The Labute approximate surface area is 118 Å². The van der Waals surface area contributed by atoms with E-state index in [0.29, 0.717) is 10.6 Å². The predicted molar refractivity (Wildman–Crippen MR) is 77.6 cm³/mol. The molecule has 1 unspecified atom stereocenters. The van der Waals surface area contributed by atoms with E-state index in [4.69, 9.17) is 4.42 Å². The molecule has 5 heteroatoms. The maximum Gasteiger partial charge on any atom is 0.177 e. The Balaban J connectivity index is 1.95. The van der Waals surface area contributed by atoms with Gasteiger partial charge >= 0.3 is 0 Å². The molecule has 1 atom stereocenters. The molecule has 1 aromatic heterocycles. The van der Waals surface area contributed by atoms with Crippen LogP contribution < -0.4 is 5.32 Å². The summed E-state index contributed by atoms with van der Waals surface area (Å²) in [6, 6.07) is 9.11. The predicted octanol–water partition coefficient (Wildman–Crippen LogP) is 3.17. The zero-order chi connectivity index (χ0) is 14.2. The number of sulfone groups is 1. The highest BCUT2D eigenvalue weighted by molar-refractivity contribution is 7.90. The van der Waals surface area contributed by atoms with Crippen molar-refractivity contribution in [1.29, 1.82) is 0 Å². The fraction of sp³-hybridized carbons (Fsp3) is 0.333. The summed E-state index contributed by atoms with van der Waals surface area (Å²) in [5.74, 6) is 1.01. The summed E-state index contributed by atoms with van der Waals surface area (Å²) in [4.78, 5) is 0.343. The molecule has 2 aromatic rings. The minimum absolute atomic E-state index is 0.111. The molecule has 106 valence electrons. The molecule has 1 heterocycles. The molecule has 1 aromatic carbocycles. The first-order valence-electron chi connectivity index (χ1n) is 6.67. The molecule has 0 saturated carbocycles. The average molecular weight is 291 g/mol. The minimum atomic E-state index is -3.23. The topological polar surface area (TPSA) is 59.3 Å². The summed E-state index contributed by atoms with van der Waals surface area (Å²) in [5.41, 5.74) is 1.80. The number of benzene rings is 1. The van der Waals surface area contributed by atoms with E-state index in [2.05, 4.69) is 5.32 Å². The van der Waals surface area contributed by atoms with Crippen LogP contribution >= 0.6 is 0 Å². The van der Waals surface area contributed by atoms with Crippen LogP contribution in [0.3, 0.4) is 0 Å². The lowest BCUT2D eigenvalue weighted by Crippen LogP contribution is -2.17. The third kappa shape index (κ3) is 2.45. The Hall–Kier alpha value is -1.75. The van der Waals surface area contributed by atoms with Gasteiger partial charge in [0, 0.05) is 18.2 Å². The maximum atomic E-state index is 11.8. The van der Waals surface area contributed by atoms with Crippen LogP contribution in [0.25, 0.3) is 0 Å². The van der Waals surface area contributed by atoms with Crippen LogP contribution in [0.2, 0.25) is 0 Å². The van der Waals surface area contributed by atoms with Gasteiger partial charge in [-0.25, -0.2) is 8.42 Å². The zero-order valence-electron chi connectivity index (χ0n) is 11.3. The fourth-order valence-corrected chi connectivity index (χ4v) is 3.59. The van der Waals surface area contributed by atoms with Crippen molar-refractivity contribution in [2.45, 2.75) is 30.2 Å². The van der Waals surface area contributed by atoms with E-state index in [9.17, 15) is 8.42 Å². The van der Waals surface area contributed by atoms with E-state index >= 15 is 0 Å². The van der Waals surface area contributed by atoms with Crippen molar-refractivity contribution >= 4 is 15.5 Å². The van der Waals surface area contributed by atoms with E-state index < -0.39 is 9.84 Å². The summed E-state index contributed by atoms with van der Waals surface area (Å²) in [6.45, 7) is 0. The van der Waals surface area contributed by atoms with Gasteiger partial charge in [0.1, 0.15) is 5.76 Å². The first kappa shape index (κ1) is 13.2. The van der Waals surface area contributed by atoms with Gasteiger partial charge in [-0.05, 0) is 31.0 Å². The van der Waals surface area contributed by atoms with Crippen LogP contribution in [0.4, 0.5) is 5.69 Å². The van der Waals surface area contributed by atoms with Gasteiger partial charge in [-0.1, -0.05) is 12.1 Å². The molecule has 3 rings (SSSR count). The van der Waals surface area contributed by atoms with Crippen LogP contribution in [0.5, 0.6) is 0 Å².